The van der Waals surface area contributed by atoms with Crippen LogP contribution in [0.4, 0.5) is 11.4 Å². The average molecular weight is 377 g/mol. The third-order valence-electron chi connectivity index (χ3n) is 3.41. The van der Waals surface area contributed by atoms with Crippen LogP contribution in [0.15, 0.2) is 42.5 Å². The molecule has 3 N–H and O–H groups in total. The topological polar surface area (TPSA) is 105 Å². The zero-order chi connectivity index (χ0) is 19.1. The molecule has 0 aliphatic carbocycles. The van der Waals surface area contributed by atoms with E-state index in [4.69, 9.17) is 21.4 Å². The van der Waals surface area contributed by atoms with Crippen molar-refractivity contribution in [2.75, 3.05) is 17.7 Å². The first-order valence-corrected chi connectivity index (χ1v) is 8.03. The molecule has 2 amide bonds. The molecule has 2 aromatic carbocycles. The maximum Gasteiger partial charge on any atom is 0.303 e. The molecule has 0 saturated heterocycles. The highest BCUT2D eigenvalue weighted by Crippen LogP contribution is 2.28. The minimum Gasteiger partial charge on any atom is -0.495 e. The van der Waals surface area contributed by atoms with Crippen LogP contribution in [0.1, 0.15) is 23.2 Å². The van der Waals surface area contributed by atoms with E-state index in [1.54, 1.807) is 42.5 Å². The summed E-state index contributed by atoms with van der Waals surface area (Å²) in [7, 11) is 1.49. The first-order valence-electron chi connectivity index (χ1n) is 7.65. The Balaban J connectivity index is 2.01. The summed E-state index contributed by atoms with van der Waals surface area (Å²) in [5, 5.41) is 14.3. The molecule has 0 aromatic heterocycles. The largest absolute Gasteiger partial charge is 0.495 e. The fourth-order valence-electron chi connectivity index (χ4n) is 2.12. The van der Waals surface area contributed by atoms with Crippen molar-refractivity contribution in [2.45, 2.75) is 12.8 Å². The van der Waals surface area contributed by atoms with Crippen LogP contribution in [0.2, 0.25) is 5.02 Å². The van der Waals surface area contributed by atoms with Crippen molar-refractivity contribution in [1.29, 1.82) is 0 Å². The number of benzene rings is 2. The van der Waals surface area contributed by atoms with Crippen molar-refractivity contribution in [3.8, 4) is 5.75 Å². The van der Waals surface area contributed by atoms with Gasteiger partial charge < -0.3 is 20.5 Å². The second kappa shape index (κ2) is 8.87. The molecule has 2 aromatic rings. The Hall–Kier alpha value is -3.06. The molecule has 0 fully saturated rings. The Kier molecular flexibility index (Phi) is 6.57. The lowest BCUT2D eigenvalue weighted by atomic mass is 10.1. The molecule has 8 heteroatoms. The van der Waals surface area contributed by atoms with E-state index in [0.29, 0.717) is 27.7 Å². The molecule has 0 saturated carbocycles. The van der Waals surface area contributed by atoms with Crippen molar-refractivity contribution in [3.05, 3.63) is 53.1 Å². The number of methoxy groups -OCH3 is 1. The Labute approximate surface area is 154 Å². The SMILES string of the molecule is COc1ccc(Cl)cc1NC(=O)c1ccc(NC(=O)CCC(=O)O)cc1. The summed E-state index contributed by atoms with van der Waals surface area (Å²) in [5.74, 6) is -1.34. The predicted molar refractivity (Wildman–Crippen MR) is 97.9 cm³/mol. The van der Waals surface area contributed by atoms with Crippen LogP contribution in [0.3, 0.4) is 0 Å². The van der Waals surface area contributed by atoms with Crippen molar-refractivity contribution in [1.82, 2.24) is 0 Å². The fraction of sp³-hybridized carbons (Fsp3) is 0.167. The van der Waals surface area contributed by atoms with Gasteiger partial charge in [-0.05, 0) is 42.5 Å². The second-order valence-corrected chi connectivity index (χ2v) is 5.75. The lowest BCUT2D eigenvalue weighted by Gasteiger charge is -2.11. The summed E-state index contributed by atoms with van der Waals surface area (Å²) >= 11 is 5.93. The molecule has 0 spiro atoms. The Morgan fingerprint density at radius 1 is 1.04 bits per heavy atom. The zero-order valence-corrected chi connectivity index (χ0v) is 14.7. The Morgan fingerprint density at radius 2 is 1.73 bits per heavy atom. The summed E-state index contributed by atoms with van der Waals surface area (Å²) in [5.41, 5.74) is 1.28. The van der Waals surface area contributed by atoms with Crippen molar-refractivity contribution < 1.29 is 24.2 Å². The van der Waals surface area contributed by atoms with Gasteiger partial charge in [0.25, 0.3) is 5.91 Å². The number of carbonyl (C=O) groups is 3. The standard InChI is InChI=1S/C18H17ClN2O5/c1-26-15-7-4-12(19)10-14(15)21-18(25)11-2-5-13(6-3-11)20-16(22)8-9-17(23)24/h2-7,10H,8-9H2,1H3,(H,20,22)(H,21,25)(H,23,24). The summed E-state index contributed by atoms with van der Waals surface area (Å²) in [6.07, 6.45) is -0.361. The first-order chi connectivity index (χ1) is 12.4. The Bertz CT molecular complexity index is 821. The molecule has 0 aliphatic rings. The van der Waals surface area contributed by atoms with Gasteiger partial charge in [0.05, 0.1) is 19.2 Å². The smallest absolute Gasteiger partial charge is 0.303 e. The van der Waals surface area contributed by atoms with E-state index >= 15 is 0 Å². The lowest BCUT2D eigenvalue weighted by Crippen LogP contribution is -2.14. The Morgan fingerprint density at radius 3 is 2.35 bits per heavy atom. The van der Waals surface area contributed by atoms with E-state index in [9.17, 15) is 14.4 Å². The van der Waals surface area contributed by atoms with E-state index in [1.165, 1.54) is 7.11 Å². The molecule has 0 heterocycles. The third-order valence-corrected chi connectivity index (χ3v) is 3.64. The van der Waals surface area contributed by atoms with Gasteiger partial charge in [-0.1, -0.05) is 11.6 Å². The normalized spacial score (nSPS) is 10.1. The van der Waals surface area contributed by atoms with Gasteiger partial charge >= 0.3 is 5.97 Å². The summed E-state index contributed by atoms with van der Waals surface area (Å²) in [6.45, 7) is 0. The number of hydrogen-bond acceptors (Lipinski definition) is 4. The van der Waals surface area contributed by atoms with E-state index in [-0.39, 0.29) is 18.7 Å². The van der Waals surface area contributed by atoms with Crippen LogP contribution in [-0.4, -0.2) is 30.0 Å². The number of anilines is 2. The number of nitrogens with one attached hydrogen (secondary N) is 2. The van der Waals surface area contributed by atoms with Crippen LogP contribution in [0.25, 0.3) is 0 Å². The minimum atomic E-state index is -1.04. The van der Waals surface area contributed by atoms with Gasteiger partial charge in [-0.3, -0.25) is 14.4 Å². The van der Waals surface area contributed by atoms with E-state index in [2.05, 4.69) is 10.6 Å². The van der Waals surface area contributed by atoms with Crippen molar-refractivity contribution in [3.63, 3.8) is 0 Å². The van der Waals surface area contributed by atoms with Gasteiger partial charge in [0, 0.05) is 22.7 Å². The maximum atomic E-state index is 12.3. The van der Waals surface area contributed by atoms with Crippen LogP contribution in [0.5, 0.6) is 5.75 Å². The highest BCUT2D eigenvalue weighted by atomic mass is 35.5. The molecular weight excluding hydrogens is 360 g/mol. The summed E-state index contributed by atoms with van der Waals surface area (Å²) in [4.78, 5) is 34.4. The molecule has 0 unspecified atom stereocenters. The number of rotatable bonds is 7. The second-order valence-electron chi connectivity index (χ2n) is 5.32. The number of aliphatic carboxylic acids is 1. The van der Waals surface area contributed by atoms with Crippen LogP contribution < -0.4 is 15.4 Å². The zero-order valence-electron chi connectivity index (χ0n) is 13.9. The summed E-state index contributed by atoms with van der Waals surface area (Å²) < 4.78 is 5.18. The molecule has 26 heavy (non-hydrogen) atoms. The molecule has 0 atom stereocenters. The van der Waals surface area contributed by atoms with Crippen molar-refractivity contribution in [2.24, 2.45) is 0 Å². The highest BCUT2D eigenvalue weighted by Gasteiger charge is 2.11. The number of ether oxygens (including phenoxy) is 1. The third kappa shape index (κ3) is 5.49. The minimum absolute atomic E-state index is 0.119. The van der Waals surface area contributed by atoms with Gasteiger partial charge in [0.15, 0.2) is 0 Å². The number of hydrogen-bond donors (Lipinski definition) is 3. The number of carboxylic acids is 1. The quantitative estimate of drug-likeness (QED) is 0.686. The van der Waals surface area contributed by atoms with E-state index in [0.717, 1.165) is 0 Å². The predicted octanol–water partition coefficient (Wildman–Crippen LogP) is 3.40. The molecular formula is C18H17ClN2O5. The van der Waals surface area contributed by atoms with Gasteiger partial charge in [-0.2, -0.15) is 0 Å². The van der Waals surface area contributed by atoms with Gasteiger partial charge in [0.2, 0.25) is 5.91 Å². The molecule has 0 radical (unpaired) electrons. The van der Waals surface area contributed by atoms with Gasteiger partial charge in [-0.25, -0.2) is 0 Å². The van der Waals surface area contributed by atoms with E-state index < -0.39 is 11.9 Å². The van der Waals surface area contributed by atoms with Gasteiger partial charge in [-0.15, -0.1) is 0 Å². The number of amides is 2. The molecule has 136 valence electrons. The average Bonchev–Trinajstić information content (AvgIpc) is 2.61. The maximum absolute atomic E-state index is 12.3. The van der Waals surface area contributed by atoms with Crippen LogP contribution in [-0.2, 0) is 9.59 Å². The number of carboxylic acid groups (broad SMARTS) is 1. The summed E-state index contributed by atoms with van der Waals surface area (Å²) in [6, 6.07) is 11.1. The van der Waals surface area contributed by atoms with Crippen molar-refractivity contribution >= 4 is 40.8 Å². The van der Waals surface area contributed by atoms with Crippen LogP contribution in [0, 0.1) is 0 Å². The monoisotopic (exact) mass is 376 g/mol. The molecule has 7 nitrogen and oxygen atoms in total. The van der Waals surface area contributed by atoms with E-state index in [1.807, 2.05) is 0 Å². The van der Waals surface area contributed by atoms with Crippen LogP contribution >= 0.6 is 11.6 Å². The number of carbonyl (C=O) groups excluding carboxylic acids is 2. The van der Waals surface area contributed by atoms with Gasteiger partial charge in [0.1, 0.15) is 5.75 Å². The molecule has 2 rings (SSSR count). The first kappa shape index (κ1) is 19.3. The fourth-order valence-corrected chi connectivity index (χ4v) is 2.29. The lowest BCUT2D eigenvalue weighted by molar-refractivity contribution is -0.138. The molecule has 0 aliphatic heterocycles. The number of halogens is 1. The molecule has 0 bridgehead atoms. The highest BCUT2D eigenvalue weighted by molar-refractivity contribution is 6.31.